The summed E-state index contributed by atoms with van der Waals surface area (Å²) in [6.45, 7) is 1.93. The van der Waals surface area contributed by atoms with Crippen LogP contribution in [0.2, 0.25) is 0 Å². The third kappa shape index (κ3) is 2.26. The van der Waals surface area contributed by atoms with Crippen molar-refractivity contribution >= 4 is 13.3 Å². The molecule has 4 heteroatoms. The second-order valence-electron chi connectivity index (χ2n) is 2.99. The molecule has 0 fully saturated rings. The van der Waals surface area contributed by atoms with Gasteiger partial charge in [0.05, 0.1) is 5.56 Å². The van der Waals surface area contributed by atoms with Gasteiger partial charge in [-0.15, -0.1) is 0 Å². The van der Waals surface area contributed by atoms with Crippen LogP contribution in [0.15, 0.2) is 18.2 Å². The van der Waals surface area contributed by atoms with Crippen LogP contribution in [0.5, 0.6) is 0 Å². The normalized spacial score (nSPS) is 11.7. The van der Waals surface area contributed by atoms with E-state index in [0.29, 0.717) is 5.46 Å². The summed E-state index contributed by atoms with van der Waals surface area (Å²) in [5.41, 5.74) is 1.10. The number of hydrogen-bond acceptors (Lipinski definition) is 0. The van der Waals surface area contributed by atoms with Gasteiger partial charge in [-0.2, -0.15) is 13.2 Å². The van der Waals surface area contributed by atoms with E-state index in [1.54, 1.807) is 7.85 Å². The third-order valence-electron chi connectivity index (χ3n) is 2.05. The summed E-state index contributed by atoms with van der Waals surface area (Å²) in [6.07, 6.45) is -3.46. The number of aryl methyl sites for hydroxylation is 1. The van der Waals surface area contributed by atoms with Gasteiger partial charge in [-0.25, -0.2) is 0 Å². The highest BCUT2D eigenvalue weighted by Gasteiger charge is 2.30. The quantitative estimate of drug-likeness (QED) is 0.583. The van der Waals surface area contributed by atoms with Gasteiger partial charge >= 0.3 is 6.18 Å². The van der Waals surface area contributed by atoms with E-state index in [2.05, 4.69) is 0 Å². The van der Waals surface area contributed by atoms with E-state index >= 15 is 0 Å². The molecule has 13 heavy (non-hydrogen) atoms. The summed E-state index contributed by atoms with van der Waals surface area (Å²) in [4.78, 5) is 0. The maximum Gasteiger partial charge on any atom is 0.416 e. The molecular weight excluding hydrogens is 176 g/mol. The van der Waals surface area contributed by atoms with Crippen LogP contribution in [0.4, 0.5) is 13.2 Å². The number of hydrogen-bond donors (Lipinski definition) is 0. The molecule has 0 saturated heterocycles. The molecule has 0 nitrogen and oxygen atoms in total. The first-order valence-corrected chi connectivity index (χ1v) is 4.12. The SMILES string of the molecule is Bc1cc(C(F)(F)F)ccc1CC. The Labute approximate surface area is 76.2 Å². The summed E-state index contributed by atoms with van der Waals surface area (Å²) < 4.78 is 36.6. The highest BCUT2D eigenvalue weighted by Crippen LogP contribution is 2.28. The Kier molecular flexibility index (Phi) is 2.69. The fraction of sp³-hybridized carbons (Fsp3) is 0.333. The fourth-order valence-corrected chi connectivity index (χ4v) is 1.27. The molecule has 1 rings (SSSR count). The molecular formula is C9H10BF3. The Morgan fingerprint density at radius 2 is 1.92 bits per heavy atom. The van der Waals surface area contributed by atoms with E-state index in [9.17, 15) is 13.2 Å². The van der Waals surface area contributed by atoms with Crippen LogP contribution < -0.4 is 5.46 Å². The standard InChI is InChI=1S/C9H10BF3/c1-2-6-3-4-7(5-8(6)10)9(11,12)13/h3-5H,2,10H2,1H3. The lowest BCUT2D eigenvalue weighted by atomic mass is 9.88. The van der Waals surface area contributed by atoms with Crippen molar-refractivity contribution in [3.05, 3.63) is 29.3 Å². The van der Waals surface area contributed by atoms with Gasteiger partial charge in [0, 0.05) is 0 Å². The van der Waals surface area contributed by atoms with Gasteiger partial charge in [0.2, 0.25) is 0 Å². The molecule has 1 aromatic rings. The molecule has 0 bridgehead atoms. The Balaban J connectivity index is 3.10. The average molecular weight is 186 g/mol. The first kappa shape index (κ1) is 10.2. The molecule has 0 radical (unpaired) electrons. The molecule has 1 aromatic carbocycles. The van der Waals surface area contributed by atoms with Crippen molar-refractivity contribution in [1.82, 2.24) is 0 Å². The molecule has 0 aromatic heterocycles. The first-order valence-electron chi connectivity index (χ1n) is 4.12. The summed E-state index contributed by atoms with van der Waals surface area (Å²) in [5, 5.41) is 0. The predicted molar refractivity (Wildman–Crippen MR) is 49.0 cm³/mol. The van der Waals surface area contributed by atoms with Gasteiger partial charge in [-0.05, 0) is 12.5 Å². The van der Waals surface area contributed by atoms with E-state index in [4.69, 9.17) is 0 Å². The second kappa shape index (κ2) is 3.44. The van der Waals surface area contributed by atoms with Crippen LogP contribution in [0, 0.1) is 0 Å². The summed E-state index contributed by atoms with van der Waals surface area (Å²) in [5.74, 6) is 0. The number of halogens is 3. The van der Waals surface area contributed by atoms with Gasteiger partial charge in [0.15, 0.2) is 0 Å². The average Bonchev–Trinajstić information content (AvgIpc) is 2.02. The van der Waals surface area contributed by atoms with Crippen molar-refractivity contribution in [2.45, 2.75) is 19.5 Å². The Morgan fingerprint density at radius 1 is 1.31 bits per heavy atom. The minimum absolute atomic E-state index is 0.567. The Hall–Kier alpha value is -0.925. The van der Waals surface area contributed by atoms with Crippen molar-refractivity contribution < 1.29 is 13.2 Å². The Bertz CT molecular complexity index is 304. The maximum atomic E-state index is 12.2. The fourth-order valence-electron chi connectivity index (χ4n) is 1.27. The molecule has 0 amide bonds. The van der Waals surface area contributed by atoms with Crippen LogP contribution >= 0.6 is 0 Å². The van der Waals surface area contributed by atoms with Crippen molar-refractivity contribution in [3.8, 4) is 0 Å². The molecule has 0 aliphatic carbocycles. The third-order valence-corrected chi connectivity index (χ3v) is 2.05. The van der Waals surface area contributed by atoms with Crippen LogP contribution in [0.1, 0.15) is 18.1 Å². The van der Waals surface area contributed by atoms with E-state index in [0.717, 1.165) is 18.1 Å². The topological polar surface area (TPSA) is 0 Å². The van der Waals surface area contributed by atoms with Gasteiger partial charge in [-0.3, -0.25) is 0 Å². The smallest absolute Gasteiger partial charge is 0.166 e. The molecule has 0 N–H and O–H groups in total. The van der Waals surface area contributed by atoms with Crippen molar-refractivity contribution in [1.29, 1.82) is 0 Å². The largest absolute Gasteiger partial charge is 0.416 e. The van der Waals surface area contributed by atoms with E-state index < -0.39 is 11.7 Å². The molecule has 0 unspecified atom stereocenters. The minimum atomic E-state index is -4.23. The van der Waals surface area contributed by atoms with Gasteiger partial charge in [-0.1, -0.05) is 30.1 Å². The summed E-state index contributed by atoms with van der Waals surface area (Å²) in [7, 11) is 1.70. The molecule has 70 valence electrons. The molecule has 0 saturated carbocycles. The minimum Gasteiger partial charge on any atom is -0.166 e. The lowest BCUT2D eigenvalue weighted by Crippen LogP contribution is -2.14. The molecule has 0 heterocycles. The van der Waals surface area contributed by atoms with E-state index in [1.165, 1.54) is 12.1 Å². The summed E-state index contributed by atoms with van der Waals surface area (Å²) in [6, 6.07) is 3.86. The van der Waals surface area contributed by atoms with Crippen molar-refractivity contribution in [2.24, 2.45) is 0 Å². The van der Waals surface area contributed by atoms with Gasteiger partial charge in [0.1, 0.15) is 7.85 Å². The number of rotatable bonds is 1. The highest BCUT2D eigenvalue weighted by molar-refractivity contribution is 6.33. The predicted octanol–water partition coefficient (Wildman–Crippen LogP) is 1.53. The lowest BCUT2D eigenvalue weighted by molar-refractivity contribution is -0.137. The van der Waals surface area contributed by atoms with E-state index in [-0.39, 0.29) is 0 Å². The van der Waals surface area contributed by atoms with Gasteiger partial charge < -0.3 is 0 Å². The highest BCUT2D eigenvalue weighted by atomic mass is 19.4. The zero-order valence-corrected chi connectivity index (χ0v) is 7.57. The van der Waals surface area contributed by atoms with Crippen LogP contribution in [0.3, 0.4) is 0 Å². The van der Waals surface area contributed by atoms with Crippen LogP contribution in [-0.4, -0.2) is 7.85 Å². The van der Waals surface area contributed by atoms with E-state index in [1.807, 2.05) is 6.92 Å². The van der Waals surface area contributed by atoms with Crippen molar-refractivity contribution in [3.63, 3.8) is 0 Å². The van der Waals surface area contributed by atoms with Crippen molar-refractivity contribution in [2.75, 3.05) is 0 Å². The molecule has 0 aliphatic heterocycles. The summed E-state index contributed by atoms with van der Waals surface area (Å²) >= 11 is 0. The zero-order valence-electron chi connectivity index (χ0n) is 7.57. The zero-order chi connectivity index (χ0) is 10.1. The monoisotopic (exact) mass is 186 g/mol. The maximum absolute atomic E-state index is 12.2. The van der Waals surface area contributed by atoms with Gasteiger partial charge in [0.25, 0.3) is 0 Å². The Morgan fingerprint density at radius 3 is 2.31 bits per heavy atom. The molecule has 0 spiro atoms. The lowest BCUT2D eigenvalue weighted by Gasteiger charge is -2.09. The number of alkyl halides is 3. The van der Waals surface area contributed by atoms with Crippen LogP contribution in [-0.2, 0) is 12.6 Å². The van der Waals surface area contributed by atoms with Crippen LogP contribution in [0.25, 0.3) is 0 Å². The molecule has 0 atom stereocenters. The first-order chi connectivity index (χ1) is 5.95. The number of benzene rings is 1. The second-order valence-corrected chi connectivity index (χ2v) is 2.99. The molecule has 0 aliphatic rings.